The molecule has 0 saturated heterocycles. The average Bonchev–Trinajstić information content (AvgIpc) is 2.76. The first-order valence-electron chi connectivity index (χ1n) is 6.54. The van der Waals surface area contributed by atoms with Crippen LogP contribution >= 0.6 is 0 Å². The molecule has 2 aromatic rings. The zero-order valence-electron chi connectivity index (χ0n) is 11.8. The molecule has 0 aliphatic heterocycles. The van der Waals surface area contributed by atoms with Crippen molar-refractivity contribution in [3.63, 3.8) is 0 Å². The van der Waals surface area contributed by atoms with Crippen molar-refractivity contribution in [2.24, 2.45) is 0 Å². The van der Waals surface area contributed by atoms with E-state index in [0.29, 0.717) is 17.4 Å². The highest BCUT2D eigenvalue weighted by Crippen LogP contribution is 2.27. The summed E-state index contributed by atoms with van der Waals surface area (Å²) in [7, 11) is 0. The molecule has 0 bridgehead atoms. The lowest BCUT2D eigenvalue weighted by Gasteiger charge is -2.21. The zero-order valence-corrected chi connectivity index (χ0v) is 11.8. The van der Waals surface area contributed by atoms with E-state index in [-0.39, 0.29) is 17.9 Å². The highest BCUT2D eigenvalue weighted by Gasteiger charge is 2.23. The molecule has 0 aliphatic carbocycles. The van der Waals surface area contributed by atoms with Crippen LogP contribution in [0.15, 0.2) is 22.6 Å². The largest absolute Gasteiger partial charge is 0.448 e. The summed E-state index contributed by atoms with van der Waals surface area (Å²) in [6.07, 6.45) is 0.515. The van der Waals surface area contributed by atoms with Crippen molar-refractivity contribution in [2.45, 2.75) is 32.8 Å². The van der Waals surface area contributed by atoms with Crippen LogP contribution in [0.25, 0.3) is 11.0 Å². The van der Waals surface area contributed by atoms with E-state index in [9.17, 15) is 14.3 Å². The molecule has 1 amide bonds. The average molecular weight is 279 g/mol. The number of hydrogen-bond donors (Lipinski definition) is 2. The van der Waals surface area contributed by atoms with Crippen LogP contribution in [0.2, 0.25) is 0 Å². The van der Waals surface area contributed by atoms with E-state index in [1.807, 2.05) is 6.92 Å². The summed E-state index contributed by atoms with van der Waals surface area (Å²) in [5, 5.41) is 13.1. The number of rotatable bonds is 4. The molecule has 2 N–H and O–H groups in total. The third-order valence-electron chi connectivity index (χ3n) is 3.51. The monoisotopic (exact) mass is 279 g/mol. The second kappa shape index (κ2) is 5.25. The van der Waals surface area contributed by atoms with Crippen molar-refractivity contribution in [2.75, 3.05) is 6.54 Å². The van der Waals surface area contributed by atoms with Gasteiger partial charge >= 0.3 is 0 Å². The number of carbonyl (C=O) groups is 1. The first kappa shape index (κ1) is 14.5. The van der Waals surface area contributed by atoms with Crippen LogP contribution in [0.3, 0.4) is 0 Å². The molecule has 0 aliphatic rings. The third kappa shape index (κ3) is 2.67. The molecule has 108 valence electrons. The Kier molecular flexibility index (Phi) is 3.81. The number of aliphatic hydroxyl groups is 1. The van der Waals surface area contributed by atoms with Gasteiger partial charge in [0, 0.05) is 17.5 Å². The van der Waals surface area contributed by atoms with Crippen molar-refractivity contribution < 1.29 is 18.7 Å². The highest BCUT2D eigenvalue weighted by molar-refractivity contribution is 5.99. The van der Waals surface area contributed by atoms with Gasteiger partial charge in [-0.3, -0.25) is 4.79 Å². The molecular formula is C15H18FNO3. The number of benzene rings is 1. The number of halogens is 1. The summed E-state index contributed by atoms with van der Waals surface area (Å²) < 4.78 is 18.9. The van der Waals surface area contributed by atoms with Crippen LogP contribution in [0, 0.1) is 12.7 Å². The van der Waals surface area contributed by atoms with Crippen LogP contribution in [-0.2, 0) is 0 Å². The highest BCUT2D eigenvalue weighted by atomic mass is 19.1. The quantitative estimate of drug-likeness (QED) is 0.904. The van der Waals surface area contributed by atoms with E-state index < -0.39 is 17.3 Å². The molecule has 1 heterocycles. The van der Waals surface area contributed by atoms with E-state index in [0.717, 1.165) is 0 Å². The van der Waals surface area contributed by atoms with Gasteiger partial charge in [0.1, 0.15) is 0 Å². The maximum absolute atomic E-state index is 13.6. The number of para-hydroxylation sites is 1. The molecular weight excluding hydrogens is 261 g/mol. The standard InChI is InChI=1S/C15H18FNO3/c1-4-15(3,19)8-17-14(18)12-9(2)10-6-5-7-11(16)13(10)20-12/h5-7,19H,4,8H2,1-3H3,(H,17,18). The van der Waals surface area contributed by atoms with Gasteiger partial charge in [0.25, 0.3) is 5.91 Å². The minimum absolute atomic E-state index is 0.0806. The van der Waals surface area contributed by atoms with Gasteiger partial charge in [-0.15, -0.1) is 0 Å². The lowest BCUT2D eigenvalue weighted by atomic mass is 10.0. The second-order valence-corrected chi connectivity index (χ2v) is 5.21. The summed E-state index contributed by atoms with van der Waals surface area (Å²) in [4.78, 5) is 12.1. The van der Waals surface area contributed by atoms with Crippen LogP contribution in [-0.4, -0.2) is 23.2 Å². The van der Waals surface area contributed by atoms with Gasteiger partial charge in [-0.05, 0) is 26.3 Å². The van der Waals surface area contributed by atoms with Crippen LogP contribution in [0.1, 0.15) is 36.4 Å². The topological polar surface area (TPSA) is 62.5 Å². The molecule has 2 rings (SSSR count). The zero-order chi connectivity index (χ0) is 14.9. The molecule has 0 radical (unpaired) electrons. The van der Waals surface area contributed by atoms with E-state index in [1.165, 1.54) is 6.07 Å². The van der Waals surface area contributed by atoms with Gasteiger partial charge in [-0.25, -0.2) is 4.39 Å². The normalized spacial score (nSPS) is 14.2. The summed E-state index contributed by atoms with van der Waals surface area (Å²) in [5.41, 5.74) is -0.300. The maximum Gasteiger partial charge on any atom is 0.287 e. The lowest BCUT2D eigenvalue weighted by Crippen LogP contribution is -2.40. The Balaban J connectivity index is 2.27. The van der Waals surface area contributed by atoms with Gasteiger partial charge in [-0.1, -0.05) is 19.1 Å². The van der Waals surface area contributed by atoms with E-state index in [2.05, 4.69) is 5.32 Å². The predicted octanol–water partition coefficient (Wildman–Crippen LogP) is 2.77. The first-order valence-corrected chi connectivity index (χ1v) is 6.54. The SMILES string of the molecule is CCC(C)(O)CNC(=O)c1oc2c(F)cccc2c1C. The minimum Gasteiger partial charge on any atom is -0.448 e. The van der Waals surface area contributed by atoms with Crippen molar-refractivity contribution in [1.82, 2.24) is 5.32 Å². The molecule has 0 spiro atoms. The minimum atomic E-state index is -0.971. The number of aryl methyl sites for hydroxylation is 1. The van der Waals surface area contributed by atoms with Crippen LogP contribution in [0.5, 0.6) is 0 Å². The molecule has 1 unspecified atom stereocenters. The van der Waals surface area contributed by atoms with Gasteiger partial charge in [-0.2, -0.15) is 0 Å². The number of amides is 1. The van der Waals surface area contributed by atoms with Gasteiger partial charge in [0.2, 0.25) is 0 Å². The fourth-order valence-corrected chi connectivity index (χ4v) is 1.90. The molecule has 1 atom stereocenters. The Hall–Kier alpha value is -1.88. The number of carbonyl (C=O) groups excluding carboxylic acids is 1. The first-order chi connectivity index (χ1) is 9.35. The Morgan fingerprint density at radius 3 is 2.80 bits per heavy atom. The number of nitrogens with one attached hydrogen (secondary N) is 1. The summed E-state index contributed by atoms with van der Waals surface area (Å²) in [6, 6.07) is 4.56. The van der Waals surface area contributed by atoms with Crippen LogP contribution in [0.4, 0.5) is 4.39 Å². The Bertz CT molecular complexity index is 646. The fourth-order valence-electron chi connectivity index (χ4n) is 1.90. The van der Waals surface area contributed by atoms with Gasteiger partial charge in [0.05, 0.1) is 5.60 Å². The molecule has 5 heteroatoms. The van der Waals surface area contributed by atoms with Crippen molar-refractivity contribution >= 4 is 16.9 Å². The van der Waals surface area contributed by atoms with Gasteiger partial charge in [0.15, 0.2) is 17.2 Å². The molecule has 20 heavy (non-hydrogen) atoms. The van der Waals surface area contributed by atoms with E-state index >= 15 is 0 Å². The van der Waals surface area contributed by atoms with Crippen LogP contribution < -0.4 is 5.32 Å². The van der Waals surface area contributed by atoms with E-state index in [4.69, 9.17) is 4.42 Å². The number of hydrogen-bond acceptors (Lipinski definition) is 3. The number of furan rings is 1. The van der Waals surface area contributed by atoms with Crippen molar-refractivity contribution in [3.05, 3.63) is 35.3 Å². The molecule has 1 aromatic carbocycles. The predicted molar refractivity (Wildman–Crippen MR) is 74.2 cm³/mol. The van der Waals surface area contributed by atoms with E-state index in [1.54, 1.807) is 26.0 Å². The lowest BCUT2D eigenvalue weighted by molar-refractivity contribution is 0.0511. The molecule has 1 aromatic heterocycles. The fraction of sp³-hybridized carbons (Fsp3) is 0.400. The summed E-state index contributed by atoms with van der Waals surface area (Å²) in [6.45, 7) is 5.28. The van der Waals surface area contributed by atoms with Crippen molar-refractivity contribution in [1.29, 1.82) is 0 Å². The van der Waals surface area contributed by atoms with Crippen molar-refractivity contribution in [3.8, 4) is 0 Å². The maximum atomic E-state index is 13.6. The van der Waals surface area contributed by atoms with Gasteiger partial charge < -0.3 is 14.8 Å². The molecule has 4 nitrogen and oxygen atoms in total. The Morgan fingerprint density at radius 1 is 1.50 bits per heavy atom. The smallest absolute Gasteiger partial charge is 0.287 e. The Labute approximate surface area is 116 Å². The molecule has 0 fully saturated rings. The second-order valence-electron chi connectivity index (χ2n) is 5.21. The molecule has 0 saturated carbocycles. The third-order valence-corrected chi connectivity index (χ3v) is 3.51. The summed E-state index contributed by atoms with van der Waals surface area (Å²) >= 11 is 0. The summed E-state index contributed by atoms with van der Waals surface area (Å²) in [5.74, 6) is -0.867. The number of fused-ring (bicyclic) bond motifs is 1. The Morgan fingerprint density at radius 2 is 2.20 bits per heavy atom.